The number of nitrogens with two attached hydrogens (primary N) is 1. The van der Waals surface area contributed by atoms with E-state index in [2.05, 4.69) is 10.3 Å². The number of benzene rings is 1. The van der Waals surface area contributed by atoms with Crippen molar-refractivity contribution in [2.24, 2.45) is 0 Å². The smallest absolute Gasteiger partial charge is 0.243 e. The molecule has 1 fully saturated rings. The summed E-state index contributed by atoms with van der Waals surface area (Å²) in [6.07, 6.45) is 1.72. The minimum absolute atomic E-state index is 0.0000647. The molecular formula is C13H16N4O2. The van der Waals surface area contributed by atoms with Crippen LogP contribution in [0.4, 0.5) is 5.95 Å². The lowest BCUT2D eigenvalue weighted by Gasteiger charge is -2.24. The molecule has 1 unspecified atom stereocenters. The zero-order valence-electron chi connectivity index (χ0n) is 10.7. The van der Waals surface area contributed by atoms with Crippen molar-refractivity contribution >= 4 is 22.9 Å². The lowest BCUT2D eigenvalue weighted by Crippen LogP contribution is -2.38. The molecule has 0 spiro atoms. The Kier molecular flexibility index (Phi) is 2.77. The third-order valence-electron chi connectivity index (χ3n) is 3.50. The maximum atomic E-state index is 12.0. The van der Waals surface area contributed by atoms with Crippen molar-refractivity contribution in [3.8, 4) is 5.75 Å². The topological polar surface area (TPSA) is 82.2 Å². The number of ether oxygens (including phenoxy) is 1. The van der Waals surface area contributed by atoms with E-state index < -0.39 is 0 Å². The van der Waals surface area contributed by atoms with Gasteiger partial charge in [-0.05, 0) is 25.0 Å². The van der Waals surface area contributed by atoms with E-state index in [0.717, 1.165) is 24.9 Å². The average Bonchev–Trinajstić information content (AvgIpc) is 2.75. The van der Waals surface area contributed by atoms with Crippen LogP contribution in [-0.4, -0.2) is 29.1 Å². The number of anilines is 1. The van der Waals surface area contributed by atoms with Crippen LogP contribution in [0.3, 0.4) is 0 Å². The van der Waals surface area contributed by atoms with Crippen molar-refractivity contribution < 1.29 is 9.53 Å². The van der Waals surface area contributed by atoms with Crippen LogP contribution in [0, 0.1) is 0 Å². The number of rotatable bonds is 2. The van der Waals surface area contributed by atoms with Gasteiger partial charge in [0.15, 0.2) is 0 Å². The third kappa shape index (κ3) is 1.80. The summed E-state index contributed by atoms with van der Waals surface area (Å²) >= 11 is 0. The molecule has 1 aliphatic heterocycles. The average molecular weight is 260 g/mol. The van der Waals surface area contributed by atoms with Crippen molar-refractivity contribution in [3.05, 3.63) is 18.2 Å². The predicted molar refractivity (Wildman–Crippen MR) is 72.0 cm³/mol. The Morgan fingerprint density at radius 1 is 1.53 bits per heavy atom. The Labute approximate surface area is 110 Å². The maximum Gasteiger partial charge on any atom is 0.243 e. The summed E-state index contributed by atoms with van der Waals surface area (Å²) < 4.78 is 7.08. The Balaban J connectivity index is 2.18. The van der Waals surface area contributed by atoms with Gasteiger partial charge in [0.25, 0.3) is 0 Å². The van der Waals surface area contributed by atoms with Gasteiger partial charge in [0.05, 0.1) is 12.6 Å². The van der Waals surface area contributed by atoms with E-state index in [9.17, 15) is 4.79 Å². The molecule has 1 atom stereocenters. The number of para-hydroxylation sites is 1. The molecule has 1 aromatic heterocycles. The van der Waals surface area contributed by atoms with Crippen molar-refractivity contribution in [2.75, 3.05) is 19.4 Å². The fraction of sp³-hybridized carbons (Fsp3) is 0.385. The molecule has 2 aromatic rings. The largest absolute Gasteiger partial charge is 0.494 e. The Morgan fingerprint density at radius 3 is 3.11 bits per heavy atom. The van der Waals surface area contributed by atoms with Gasteiger partial charge in [0, 0.05) is 6.54 Å². The van der Waals surface area contributed by atoms with Crippen molar-refractivity contribution in [3.63, 3.8) is 0 Å². The highest BCUT2D eigenvalue weighted by Gasteiger charge is 2.27. The summed E-state index contributed by atoms with van der Waals surface area (Å²) in [5.41, 5.74) is 7.51. The summed E-state index contributed by atoms with van der Waals surface area (Å²) in [6.45, 7) is 0.727. The van der Waals surface area contributed by atoms with Crippen molar-refractivity contribution in [1.29, 1.82) is 0 Å². The second-order valence-corrected chi connectivity index (χ2v) is 4.62. The highest BCUT2D eigenvalue weighted by molar-refractivity contribution is 5.88. The van der Waals surface area contributed by atoms with Crippen LogP contribution in [0.15, 0.2) is 18.2 Å². The van der Waals surface area contributed by atoms with Crippen LogP contribution in [0.5, 0.6) is 5.75 Å². The minimum Gasteiger partial charge on any atom is -0.494 e. The van der Waals surface area contributed by atoms with Crippen LogP contribution >= 0.6 is 0 Å². The van der Waals surface area contributed by atoms with E-state index in [4.69, 9.17) is 10.5 Å². The molecule has 0 bridgehead atoms. The molecule has 1 aliphatic rings. The number of nitrogens with zero attached hydrogens (tertiary/aromatic N) is 2. The zero-order valence-corrected chi connectivity index (χ0v) is 10.7. The maximum absolute atomic E-state index is 12.0. The summed E-state index contributed by atoms with van der Waals surface area (Å²) in [4.78, 5) is 16.3. The van der Waals surface area contributed by atoms with E-state index in [1.807, 2.05) is 18.2 Å². The lowest BCUT2D eigenvalue weighted by molar-refractivity contribution is -0.125. The summed E-state index contributed by atoms with van der Waals surface area (Å²) in [5.74, 6) is 1.01. The lowest BCUT2D eigenvalue weighted by atomic mass is 10.1. The first kappa shape index (κ1) is 11.8. The van der Waals surface area contributed by atoms with Gasteiger partial charge in [-0.2, -0.15) is 0 Å². The number of piperidine rings is 1. The van der Waals surface area contributed by atoms with E-state index in [0.29, 0.717) is 17.2 Å². The second kappa shape index (κ2) is 4.46. The number of nitrogen functional groups attached to an aromatic ring is 1. The Morgan fingerprint density at radius 2 is 2.37 bits per heavy atom. The number of carbonyl (C=O) groups is 1. The van der Waals surface area contributed by atoms with Crippen LogP contribution in [0.25, 0.3) is 11.0 Å². The monoisotopic (exact) mass is 260 g/mol. The minimum atomic E-state index is -0.286. The van der Waals surface area contributed by atoms with Crippen molar-refractivity contribution in [2.45, 2.75) is 18.9 Å². The number of hydrogen-bond donors (Lipinski definition) is 2. The van der Waals surface area contributed by atoms with Gasteiger partial charge in [0.2, 0.25) is 11.9 Å². The molecule has 1 saturated heterocycles. The molecule has 0 radical (unpaired) electrons. The third-order valence-corrected chi connectivity index (χ3v) is 3.50. The molecule has 6 heteroatoms. The molecular weight excluding hydrogens is 244 g/mol. The van der Waals surface area contributed by atoms with Gasteiger partial charge in [-0.15, -0.1) is 0 Å². The Bertz CT molecular complexity index is 635. The van der Waals surface area contributed by atoms with Gasteiger partial charge < -0.3 is 15.8 Å². The number of fused-ring (bicyclic) bond motifs is 1. The fourth-order valence-electron chi connectivity index (χ4n) is 2.60. The van der Waals surface area contributed by atoms with E-state index >= 15 is 0 Å². The van der Waals surface area contributed by atoms with E-state index in [1.165, 1.54) is 0 Å². The summed E-state index contributed by atoms with van der Waals surface area (Å²) in [5, 5.41) is 2.87. The van der Waals surface area contributed by atoms with Gasteiger partial charge in [-0.3, -0.25) is 9.36 Å². The van der Waals surface area contributed by atoms with Gasteiger partial charge in [0.1, 0.15) is 17.3 Å². The van der Waals surface area contributed by atoms with Crippen LogP contribution < -0.4 is 15.8 Å². The summed E-state index contributed by atoms with van der Waals surface area (Å²) in [7, 11) is 1.59. The molecule has 1 amide bonds. The second-order valence-electron chi connectivity index (χ2n) is 4.62. The number of imidazole rings is 1. The normalized spacial score (nSPS) is 19.4. The number of aromatic nitrogens is 2. The first-order chi connectivity index (χ1) is 9.22. The van der Waals surface area contributed by atoms with Crippen molar-refractivity contribution in [1.82, 2.24) is 14.9 Å². The van der Waals surface area contributed by atoms with Gasteiger partial charge in [-0.1, -0.05) is 6.07 Å². The number of carbonyl (C=O) groups excluding carboxylic acids is 1. The molecule has 100 valence electrons. The quantitative estimate of drug-likeness (QED) is 0.846. The number of hydrogen-bond acceptors (Lipinski definition) is 4. The first-order valence-corrected chi connectivity index (χ1v) is 6.30. The van der Waals surface area contributed by atoms with E-state index in [1.54, 1.807) is 11.7 Å². The van der Waals surface area contributed by atoms with Gasteiger partial charge >= 0.3 is 0 Å². The molecule has 19 heavy (non-hydrogen) atoms. The predicted octanol–water partition coefficient (Wildman–Crippen LogP) is 1.08. The zero-order chi connectivity index (χ0) is 13.4. The van der Waals surface area contributed by atoms with Crippen LogP contribution in [-0.2, 0) is 4.79 Å². The van der Waals surface area contributed by atoms with Crippen LogP contribution in [0.1, 0.15) is 18.9 Å². The number of amides is 1. The fourth-order valence-corrected chi connectivity index (χ4v) is 2.60. The molecule has 0 saturated carbocycles. The summed E-state index contributed by atoms with van der Waals surface area (Å²) in [6, 6.07) is 5.33. The molecule has 0 aliphatic carbocycles. The molecule has 6 nitrogen and oxygen atoms in total. The van der Waals surface area contributed by atoms with Crippen LogP contribution in [0.2, 0.25) is 0 Å². The highest BCUT2D eigenvalue weighted by atomic mass is 16.5. The number of nitrogens with one attached hydrogen (secondary N) is 1. The standard InChI is InChI=1S/C13H16N4O2/c1-19-10-6-2-4-8-11(10)16-13(14)17(8)9-5-3-7-15-12(9)18/h2,4,6,9H,3,5,7H2,1H3,(H2,14,16)(H,15,18). The molecule has 2 heterocycles. The van der Waals surface area contributed by atoms with Gasteiger partial charge in [-0.25, -0.2) is 4.98 Å². The highest BCUT2D eigenvalue weighted by Crippen LogP contribution is 2.31. The van der Waals surface area contributed by atoms with E-state index in [-0.39, 0.29) is 11.9 Å². The SMILES string of the molecule is COc1cccc2c1nc(N)n2C1CCCNC1=O. The molecule has 3 N–H and O–H groups in total. The molecule has 1 aromatic carbocycles. The Hall–Kier alpha value is -2.24. The number of methoxy groups -OCH3 is 1. The first-order valence-electron chi connectivity index (χ1n) is 6.30. The molecule has 3 rings (SSSR count).